The van der Waals surface area contributed by atoms with Gasteiger partial charge in [0.1, 0.15) is 30.0 Å². The fraction of sp³-hybridized carbons (Fsp3) is 0.467. The first-order valence-electron chi connectivity index (χ1n) is 20.9. The lowest BCUT2D eigenvalue weighted by atomic mass is 9.92. The summed E-state index contributed by atoms with van der Waals surface area (Å²) >= 11 is 0. The molecule has 0 unspecified atom stereocenters. The van der Waals surface area contributed by atoms with E-state index in [9.17, 15) is 19.2 Å². The molecule has 2 aromatic heterocycles. The molecule has 1 fully saturated rings. The number of ether oxygens (including phenoxy) is 3. The Labute approximate surface area is 349 Å². The van der Waals surface area contributed by atoms with Gasteiger partial charge in [-0.1, -0.05) is 45.9 Å². The fourth-order valence-corrected chi connectivity index (χ4v) is 8.54. The molecule has 0 radical (unpaired) electrons. The van der Waals surface area contributed by atoms with Gasteiger partial charge < -0.3 is 44.6 Å². The molecule has 0 spiro atoms. The molecule has 0 aliphatic carbocycles. The standard InChI is InChI=1S/C45H56N8O7/c1-9-25(5)53(43(55)38(24(3)4)51-45(57)59-8)26(6)40-46-22-35(49-40)29-13-15-31-30(18-29)23-60-37-20-32-28(19-33(31)37)14-16-34-39(32)50-41(48-34)36-12-11-17-52(36)42(54)27(10-2)21-47-44(56)58-7/h13-16,18-20,22,24-27,36,38H,9-12,17,21,23H2,1-8H3,(H,46,49)(H,47,56)(H,48,50)(H,51,57)/t25-,26-,27+,36-,38-/m0/s1. The largest absolute Gasteiger partial charge is 0.488 e. The average Bonchev–Trinajstić information content (AvgIpc) is 4.05. The molecule has 60 heavy (non-hydrogen) atoms. The van der Waals surface area contributed by atoms with Gasteiger partial charge in [-0.15, -0.1) is 0 Å². The number of H-pyrrole nitrogens is 2. The van der Waals surface area contributed by atoms with Crippen LogP contribution in [0.5, 0.6) is 5.75 Å². The highest BCUT2D eigenvalue weighted by Crippen LogP contribution is 2.43. The number of methoxy groups -OCH3 is 2. The maximum Gasteiger partial charge on any atom is 0.407 e. The third kappa shape index (κ3) is 8.09. The van der Waals surface area contributed by atoms with E-state index in [-0.39, 0.29) is 42.3 Å². The van der Waals surface area contributed by atoms with Crippen LogP contribution in [0.1, 0.15) is 96.5 Å². The molecule has 4 amide bonds. The molecule has 1 saturated heterocycles. The summed E-state index contributed by atoms with van der Waals surface area (Å²) in [7, 11) is 2.60. The predicted octanol–water partition coefficient (Wildman–Crippen LogP) is 7.78. The summed E-state index contributed by atoms with van der Waals surface area (Å²) in [6, 6.07) is 13.2. The molecule has 0 saturated carbocycles. The molecule has 15 nitrogen and oxygen atoms in total. The summed E-state index contributed by atoms with van der Waals surface area (Å²) in [6.45, 7) is 12.9. The number of hydrogen-bond acceptors (Lipinski definition) is 9. The van der Waals surface area contributed by atoms with Crippen molar-refractivity contribution in [1.29, 1.82) is 0 Å². The van der Waals surface area contributed by atoms with Gasteiger partial charge in [0.2, 0.25) is 11.8 Å². The van der Waals surface area contributed by atoms with E-state index in [4.69, 9.17) is 24.2 Å². The van der Waals surface area contributed by atoms with Crippen LogP contribution < -0.4 is 15.4 Å². The van der Waals surface area contributed by atoms with Crippen molar-refractivity contribution < 1.29 is 33.4 Å². The number of nitrogens with zero attached hydrogens (tertiary/aromatic N) is 4. The zero-order valence-corrected chi connectivity index (χ0v) is 35.7. The Balaban J connectivity index is 1.12. The van der Waals surface area contributed by atoms with Crippen LogP contribution in [0.15, 0.2) is 48.7 Å². The minimum atomic E-state index is -0.754. The van der Waals surface area contributed by atoms with E-state index in [0.29, 0.717) is 25.4 Å². The number of carbonyl (C=O) groups excluding carboxylic acids is 4. The van der Waals surface area contributed by atoms with Gasteiger partial charge in [-0.3, -0.25) is 9.59 Å². The van der Waals surface area contributed by atoms with Crippen molar-refractivity contribution in [3.8, 4) is 28.1 Å². The molecule has 318 valence electrons. The summed E-state index contributed by atoms with van der Waals surface area (Å²) in [5, 5.41) is 7.38. The van der Waals surface area contributed by atoms with Crippen LogP contribution in [0, 0.1) is 11.8 Å². The molecule has 2 aliphatic heterocycles. The smallest absolute Gasteiger partial charge is 0.407 e. The number of imidazole rings is 2. The maximum absolute atomic E-state index is 14.0. The normalized spacial score (nSPS) is 16.7. The van der Waals surface area contributed by atoms with Crippen LogP contribution in [0.4, 0.5) is 9.59 Å². The van der Waals surface area contributed by atoms with Crippen LogP contribution in [-0.4, -0.2) is 93.1 Å². The third-order valence-corrected chi connectivity index (χ3v) is 12.2. The Bertz CT molecular complexity index is 2410. The quantitative estimate of drug-likeness (QED) is 0.0921. The van der Waals surface area contributed by atoms with E-state index in [1.165, 1.54) is 14.2 Å². The van der Waals surface area contributed by atoms with Crippen LogP contribution in [0.25, 0.3) is 44.2 Å². The Morgan fingerprint density at radius 3 is 2.47 bits per heavy atom. The molecule has 5 aromatic rings. The van der Waals surface area contributed by atoms with Gasteiger partial charge >= 0.3 is 12.2 Å². The van der Waals surface area contributed by atoms with Gasteiger partial charge in [0, 0.05) is 30.1 Å². The maximum atomic E-state index is 14.0. The molecular weight excluding hydrogens is 765 g/mol. The van der Waals surface area contributed by atoms with Gasteiger partial charge in [0.25, 0.3) is 0 Å². The monoisotopic (exact) mass is 820 g/mol. The summed E-state index contributed by atoms with van der Waals surface area (Å²) in [4.78, 5) is 72.0. The van der Waals surface area contributed by atoms with Crippen LogP contribution >= 0.6 is 0 Å². The van der Waals surface area contributed by atoms with Crippen molar-refractivity contribution in [2.45, 2.75) is 98.0 Å². The minimum Gasteiger partial charge on any atom is -0.488 e. The number of rotatable bonds is 13. The second-order valence-electron chi connectivity index (χ2n) is 16.2. The number of fused-ring (bicyclic) bond motifs is 6. The molecule has 2 aliphatic rings. The zero-order valence-electron chi connectivity index (χ0n) is 35.7. The van der Waals surface area contributed by atoms with E-state index < -0.39 is 24.3 Å². The van der Waals surface area contributed by atoms with Crippen LogP contribution in [0.2, 0.25) is 0 Å². The van der Waals surface area contributed by atoms with Crippen LogP contribution in [-0.2, 0) is 25.7 Å². The summed E-state index contributed by atoms with van der Waals surface area (Å²) < 4.78 is 15.9. The van der Waals surface area contributed by atoms with E-state index in [1.54, 1.807) is 11.1 Å². The Morgan fingerprint density at radius 2 is 1.75 bits per heavy atom. The third-order valence-electron chi connectivity index (χ3n) is 12.2. The van der Waals surface area contributed by atoms with E-state index in [1.807, 2.05) is 52.5 Å². The average molecular weight is 821 g/mol. The van der Waals surface area contributed by atoms with Crippen molar-refractivity contribution in [1.82, 2.24) is 40.4 Å². The Hall–Kier alpha value is -6.12. The molecule has 4 heterocycles. The summed E-state index contributed by atoms with van der Waals surface area (Å²) in [5.74, 6) is 1.46. The van der Waals surface area contributed by atoms with Gasteiger partial charge in [0.15, 0.2) is 0 Å². The number of aromatic amines is 2. The van der Waals surface area contributed by atoms with Gasteiger partial charge in [-0.05, 0) is 91.8 Å². The van der Waals surface area contributed by atoms with Gasteiger partial charge in [-0.2, -0.15) is 0 Å². The van der Waals surface area contributed by atoms with Crippen molar-refractivity contribution in [3.63, 3.8) is 0 Å². The number of benzene rings is 3. The number of likely N-dealkylation sites (tertiary alicyclic amines) is 1. The molecular formula is C45H56N8O7. The number of aromatic nitrogens is 4. The predicted molar refractivity (Wildman–Crippen MR) is 228 cm³/mol. The SMILES string of the molecule is CC[C@H](CNC(=O)OC)C(=O)N1CCC[C@H]1c1nc2c(ccc3cc4c(cc32)OCc2cc(-c3cnc([C@H](C)N(C(=O)[C@@H](NC(=O)OC)C(C)C)[C@@H](C)CC)[nH]3)ccc2-4)[nH]1. The second-order valence-corrected chi connectivity index (χ2v) is 16.2. The van der Waals surface area contributed by atoms with Gasteiger partial charge in [-0.25, -0.2) is 19.6 Å². The first-order valence-corrected chi connectivity index (χ1v) is 20.9. The number of nitrogens with one attached hydrogen (secondary N) is 4. The molecule has 5 atom stereocenters. The summed E-state index contributed by atoms with van der Waals surface area (Å²) in [6.07, 6.45) is 3.58. The van der Waals surface area contributed by atoms with E-state index in [2.05, 4.69) is 57.0 Å². The lowest BCUT2D eigenvalue weighted by Gasteiger charge is -2.37. The molecule has 4 N–H and O–H groups in total. The molecule has 7 rings (SSSR count). The first-order chi connectivity index (χ1) is 28.9. The van der Waals surface area contributed by atoms with E-state index in [0.717, 1.165) is 80.6 Å². The lowest BCUT2D eigenvalue weighted by Crippen LogP contribution is -2.54. The fourth-order valence-electron chi connectivity index (χ4n) is 8.54. The zero-order chi connectivity index (χ0) is 42.8. The molecule has 0 bridgehead atoms. The first kappa shape index (κ1) is 42.0. The highest BCUT2D eigenvalue weighted by molar-refractivity contribution is 6.07. The number of carbonyl (C=O) groups is 4. The van der Waals surface area contributed by atoms with E-state index >= 15 is 0 Å². The highest BCUT2D eigenvalue weighted by Gasteiger charge is 2.37. The highest BCUT2D eigenvalue weighted by atomic mass is 16.5. The Kier molecular flexibility index (Phi) is 12.3. The van der Waals surface area contributed by atoms with Crippen molar-refractivity contribution in [3.05, 3.63) is 65.9 Å². The Morgan fingerprint density at radius 1 is 0.967 bits per heavy atom. The number of alkyl carbamates (subject to hydrolysis) is 2. The number of hydrogen-bond donors (Lipinski definition) is 4. The molecule has 3 aromatic carbocycles. The second kappa shape index (κ2) is 17.6. The van der Waals surface area contributed by atoms with Crippen molar-refractivity contribution >= 4 is 45.8 Å². The van der Waals surface area contributed by atoms with Crippen LogP contribution in [0.3, 0.4) is 0 Å². The number of amides is 4. The minimum absolute atomic E-state index is 0.0000797. The molecule has 15 heteroatoms. The van der Waals surface area contributed by atoms with Gasteiger partial charge in [0.05, 0.1) is 55.1 Å². The lowest BCUT2D eigenvalue weighted by molar-refractivity contribution is -0.139. The van der Waals surface area contributed by atoms with Crippen molar-refractivity contribution in [2.24, 2.45) is 11.8 Å². The van der Waals surface area contributed by atoms with Crippen molar-refractivity contribution in [2.75, 3.05) is 27.3 Å². The summed E-state index contributed by atoms with van der Waals surface area (Å²) in [5.41, 5.74) is 6.58. The topological polar surface area (TPSA) is 184 Å².